The maximum absolute atomic E-state index is 12.9. The van der Waals surface area contributed by atoms with Gasteiger partial charge in [-0.15, -0.1) is 0 Å². The third kappa shape index (κ3) is 5.48. The number of ether oxygens (including phenoxy) is 1. The first-order valence-electron chi connectivity index (χ1n) is 10.7. The normalized spacial score (nSPS) is 11.2. The fourth-order valence-corrected chi connectivity index (χ4v) is 4.92. The Kier molecular flexibility index (Phi) is 7.58. The number of pyridine rings is 1. The minimum atomic E-state index is -3.99. The number of rotatable bonds is 7. The van der Waals surface area contributed by atoms with Gasteiger partial charge in [-0.25, -0.2) is 23.1 Å². The van der Waals surface area contributed by atoms with E-state index in [0.717, 1.165) is 17.3 Å². The van der Waals surface area contributed by atoms with Crippen molar-refractivity contribution in [2.75, 3.05) is 23.8 Å². The van der Waals surface area contributed by atoms with Gasteiger partial charge >= 0.3 is 6.03 Å². The number of benzene rings is 2. The molecule has 0 fully saturated rings. The molecule has 0 saturated carbocycles. The number of nitrogens with one attached hydrogen (secondary N) is 2. The second kappa shape index (κ2) is 10.7. The molecule has 0 unspecified atom stereocenters. The van der Waals surface area contributed by atoms with Crippen molar-refractivity contribution in [2.45, 2.75) is 11.8 Å². The van der Waals surface area contributed by atoms with Crippen LogP contribution in [0.5, 0.6) is 5.75 Å². The van der Waals surface area contributed by atoms with E-state index < -0.39 is 16.1 Å². The molecule has 2 N–H and O–H groups in total. The zero-order valence-corrected chi connectivity index (χ0v) is 22.1. The molecule has 0 aliphatic heterocycles. The molecule has 192 valence electrons. The van der Waals surface area contributed by atoms with Crippen molar-refractivity contribution in [3.63, 3.8) is 0 Å². The molecule has 10 nitrogen and oxygen atoms in total. The predicted octanol–water partition coefficient (Wildman–Crippen LogP) is 5.64. The lowest BCUT2D eigenvalue weighted by Gasteiger charge is -2.24. The lowest BCUT2D eigenvalue weighted by Crippen LogP contribution is -2.35. The first kappa shape index (κ1) is 26.3. The molecule has 0 aliphatic rings. The number of amides is 2. The summed E-state index contributed by atoms with van der Waals surface area (Å²) in [6.45, 7) is 1.93. The number of carbonyl (C=O) groups excluding carboxylic acids is 1. The molecule has 0 atom stereocenters. The number of anilines is 3. The first-order chi connectivity index (χ1) is 17.6. The van der Waals surface area contributed by atoms with Gasteiger partial charge in [0.1, 0.15) is 22.7 Å². The molecule has 0 spiro atoms. The highest BCUT2D eigenvalue weighted by Crippen LogP contribution is 2.42. The van der Waals surface area contributed by atoms with Crippen LogP contribution in [-0.2, 0) is 10.0 Å². The van der Waals surface area contributed by atoms with Crippen molar-refractivity contribution in [3.05, 3.63) is 76.6 Å². The third-order valence-electron chi connectivity index (χ3n) is 5.35. The smallest absolute Gasteiger partial charge is 0.327 e. The minimum Gasteiger partial charge on any atom is -0.495 e. The number of nitrogens with zero attached hydrogens (tertiary/aromatic N) is 3. The van der Waals surface area contributed by atoms with Gasteiger partial charge in [-0.2, -0.15) is 0 Å². The van der Waals surface area contributed by atoms with Gasteiger partial charge in [0.15, 0.2) is 5.82 Å². The quantitative estimate of drug-likeness (QED) is 0.299. The second-order valence-electron chi connectivity index (χ2n) is 7.70. The van der Waals surface area contributed by atoms with E-state index in [0.29, 0.717) is 27.0 Å². The summed E-state index contributed by atoms with van der Waals surface area (Å²) in [7, 11) is -1.08. The number of hydrogen-bond acceptors (Lipinski definition) is 7. The van der Waals surface area contributed by atoms with Crippen LogP contribution >= 0.6 is 23.2 Å². The number of sulfonamides is 1. The van der Waals surface area contributed by atoms with Crippen molar-refractivity contribution in [2.24, 2.45) is 0 Å². The number of carbonyl (C=O) groups is 1. The van der Waals surface area contributed by atoms with E-state index in [9.17, 15) is 13.2 Å². The molecule has 2 heterocycles. The van der Waals surface area contributed by atoms with Crippen molar-refractivity contribution in [1.82, 2.24) is 15.5 Å². The number of halogens is 2. The van der Waals surface area contributed by atoms with Gasteiger partial charge in [0.25, 0.3) is 10.0 Å². The summed E-state index contributed by atoms with van der Waals surface area (Å²) in [4.78, 5) is 18.2. The molecule has 4 rings (SSSR count). The lowest BCUT2D eigenvalue weighted by molar-refractivity contribution is 0.250. The van der Waals surface area contributed by atoms with Crippen LogP contribution in [0, 0.1) is 6.92 Å². The summed E-state index contributed by atoms with van der Waals surface area (Å²) in [5.41, 5.74) is 2.70. The number of aromatic nitrogens is 2. The van der Waals surface area contributed by atoms with Gasteiger partial charge in [0.05, 0.1) is 17.8 Å². The molecule has 4 aromatic rings. The van der Waals surface area contributed by atoms with Gasteiger partial charge in [-0.3, -0.25) is 4.72 Å². The van der Waals surface area contributed by atoms with Crippen LogP contribution < -0.4 is 19.7 Å². The van der Waals surface area contributed by atoms with Crippen LogP contribution in [0.4, 0.5) is 22.1 Å². The topological polar surface area (TPSA) is 127 Å². The molecule has 13 heteroatoms. The number of urea groups is 1. The fraction of sp³-hybridized carbons (Fsp3) is 0.125. The van der Waals surface area contributed by atoms with Crippen LogP contribution in [0.3, 0.4) is 0 Å². The molecular weight excluding hydrogens is 541 g/mol. The first-order valence-corrected chi connectivity index (χ1v) is 12.9. The largest absolute Gasteiger partial charge is 0.495 e. The molecular formula is C24H21Cl2N5O5S. The summed E-state index contributed by atoms with van der Waals surface area (Å²) >= 11 is 12.9. The number of hydrogen-bond donors (Lipinski definition) is 2. The van der Waals surface area contributed by atoms with Gasteiger partial charge in [0, 0.05) is 29.9 Å². The Balaban J connectivity index is 1.76. The van der Waals surface area contributed by atoms with E-state index in [1.54, 1.807) is 24.3 Å². The summed E-state index contributed by atoms with van der Waals surface area (Å²) in [6, 6.07) is 12.2. The Morgan fingerprint density at radius 1 is 1.08 bits per heavy atom. The monoisotopic (exact) mass is 561 g/mol. The molecule has 0 bridgehead atoms. The van der Waals surface area contributed by atoms with Gasteiger partial charge in [-0.1, -0.05) is 34.4 Å². The van der Waals surface area contributed by atoms with E-state index in [1.807, 2.05) is 13.0 Å². The predicted molar refractivity (Wildman–Crippen MR) is 141 cm³/mol. The Morgan fingerprint density at radius 2 is 1.86 bits per heavy atom. The zero-order chi connectivity index (χ0) is 26.7. The van der Waals surface area contributed by atoms with Crippen LogP contribution in [0.15, 0.2) is 70.4 Å². The van der Waals surface area contributed by atoms with Crippen molar-refractivity contribution in [1.29, 1.82) is 0 Å². The Morgan fingerprint density at radius 3 is 2.49 bits per heavy atom. The number of methoxy groups -OCH3 is 1. The SMILES string of the molecule is CNC(=O)N(c1ccc(S(=O)(=O)Nc2ccon2)cn1)c1cc(Cl)c(-c2cc(Cl)ccc2C)cc1OC. The molecule has 37 heavy (non-hydrogen) atoms. The van der Waals surface area contributed by atoms with E-state index in [1.165, 1.54) is 43.5 Å². The van der Waals surface area contributed by atoms with E-state index >= 15 is 0 Å². The fourth-order valence-electron chi connectivity index (χ4n) is 3.55. The standard InChI is InChI=1S/C24H21Cl2N5O5S/c1-14-4-5-15(25)10-17(14)18-11-21(35-3)20(12-19(18)26)31(24(32)27-2)23-7-6-16(13-28-23)37(33,34)30-22-8-9-36-29-22/h4-13H,1-3H3,(H,27,32)(H,29,30). The second-order valence-corrected chi connectivity index (χ2v) is 10.2. The summed E-state index contributed by atoms with van der Waals surface area (Å²) in [6.07, 6.45) is 2.35. The Hall–Kier alpha value is -3.80. The van der Waals surface area contributed by atoms with E-state index in [4.69, 9.17) is 27.9 Å². The molecule has 2 aromatic heterocycles. The molecule has 0 aliphatic carbocycles. The summed E-state index contributed by atoms with van der Waals surface area (Å²) in [5.74, 6) is 0.472. The van der Waals surface area contributed by atoms with Crippen molar-refractivity contribution < 1.29 is 22.5 Å². The van der Waals surface area contributed by atoms with Crippen molar-refractivity contribution >= 4 is 56.6 Å². The highest BCUT2D eigenvalue weighted by molar-refractivity contribution is 7.92. The van der Waals surface area contributed by atoms with E-state index in [2.05, 4.69) is 24.7 Å². The minimum absolute atomic E-state index is 0.0190. The van der Waals surface area contributed by atoms with Gasteiger partial charge < -0.3 is 14.6 Å². The average Bonchev–Trinajstić information content (AvgIpc) is 3.38. The van der Waals surface area contributed by atoms with Crippen LogP contribution in [-0.4, -0.2) is 38.7 Å². The van der Waals surface area contributed by atoms with Crippen molar-refractivity contribution in [3.8, 4) is 16.9 Å². The van der Waals surface area contributed by atoms with E-state index in [-0.39, 0.29) is 16.5 Å². The summed E-state index contributed by atoms with van der Waals surface area (Å²) < 4.78 is 37.8. The maximum Gasteiger partial charge on any atom is 0.327 e. The molecule has 0 radical (unpaired) electrons. The lowest BCUT2D eigenvalue weighted by atomic mass is 9.99. The number of aryl methyl sites for hydroxylation is 1. The molecule has 2 aromatic carbocycles. The Labute approximate surface area is 223 Å². The van der Waals surface area contributed by atoms with Crippen LogP contribution in [0.1, 0.15) is 5.56 Å². The maximum atomic E-state index is 12.9. The summed E-state index contributed by atoms with van der Waals surface area (Å²) in [5, 5.41) is 6.97. The highest BCUT2D eigenvalue weighted by Gasteiger charge is 2.25. The zero-order valence-electron chi connectivity index (χ0n) is 19.8. The van der Waals surface area contributed by atoms with Crippen LogP contribution in [0.2, 0.25) is 10.0 Å². The van der Waals surface area contributed by atoms with Crippen LogP contribution in [0.25, 0.3) is 11.1 Å². The third-order valence-corrected chi connectivity index (χ3v) is 7.24. The van der Waals surface area contributed by atoms with Gasteiger partial charge in [-0.05, 0) is 54.4 Å². The average molecular weight is 562 g/mol. The molecule has 0 saturated heterocycles. The molecule has 2 amide bonds. The Bertz CT molecular complexity index is 1540. The van der Waals surface area contributed by atoms with Gasteiger partial charge in [0.2, 0.25) is 0 Å². The highest BCUT2D eigenvalue weighted by atomic mass is 35.5.